The maximum atomic E-state index is 12.7. The molecule has 0 bridgehead atoms. The average Bonchev–Trinajstić information content (AvgIpc) is 2.57. The van der Waals surface area contributed by atoms with Gasteiger partial charge in [-0.15, -0.1) is 0 Å². The molecule has 1 aromatic carbocycles. The number of aromatic nitrogens is 1. The van der Waals surface area contributed by atoms with E-state index < -0.39 is 44.2 Å². The van der Waals surface area contributed by atoms with E-state index in [0.29, 0.717) is 6.42 Å². The van der Waals surface area contributed by atoms with Gasteiger partial charge < -0.3 is 4.74 Å². The van der Waals surface area contributed by atoms with Crippen LogP contribution >= 0.6 is 23.2 Å². The van der Waals surface area contributed by atoms with Crippen LogP contribution in [0.15, 0.2) is 24.4 Å². The Hall–Kier alpha value is -2.59. The van der Waals surface area contributed by atoms with Crippen LogP contribution in [0.5, 0.6) is 11.6 Å². The lowest BCUT2D eigenvalue weighted by molar-refractivity contribution is -0.385. The van der Waals surface area contributed by atoms with Gasteiger partial charge in [-0.3, -0.25) is 20.2 Å². The number of ether oxygens (including phenoxy) is 1. The highest BCUT2D eigenvalue weighted by Crippen LogP contribution is 2.47. The van der Waals surface area contributed by atoms with Crippen molar-refractivity contribution in [3.8, 4) is 11.6 Å². The number of benzene rings is 1. The number of nitrogens with zero attached hydrogens (tertiary/aromatic N) is 2. The van der Waals surface area contributed by atoms with Crippen LogP contribution in [0.2, 0.25) is 10.0 Å². The third kappa shape index (κ3) is 4.82. The van der Waals surface area contributed by atoms with Crippen molar-refractivity contribution in [2.45, 2.75) is 26.1 Å². The zero-order valence-corrected chi connectivity index (χ0v) is 15.7. The highest BCUT2D eigenvalue weighted by Gasteiger charge is 2.38. The van der Waals surface area contributed by atoms with Gasteiger partial charge in [0.15, 0.2) is 0 Å². The predicted molar refractivity (Wildman–Crippen MR) is 94.9 cm³/mol. The summed E-state index contributed by atoms with van der Waals surface area (Å²) in [6.45, 7) is 1.70. The third-order valence-corrected chi connectivity index (χ3v) is 4.23. The molecule has 1 heterocycles. The van der Waals surface area contributed by atoms with Crippen LogP contribution in [-0.4, -0.2) is 22.1 Å². The smallest absolute Gasteiger partial charge is 0.431 e. The van der Waals surface area contributed by atoms with Crippen LogP contribution in [0.1, 0.15) is 29.3 Å². The molecule has 0 spiro atoms. The zero-order chi connectivity index (χ0) is 21.1. The van der Waals surface area contributed by atoms with Crippen molar-refractivity contribution < 1.29 is 27.6 Å². The number of rotatable bonds is 6. The summed E-state index contributed by atoms with van der Waals surface area (Å²) in [4.78, 5) is 26.7. The normalized spacial score (nSPS) is 11.2. The van der Waals surface area contributed by atoms with E-state index in [-0.39, 0.29) is 17.9 Å². The second-order valence-corrected chi connectivity index (χ2v) is 6.14. The first kappa shape index (κ1) is 21.7. The SMILES string of the molecule is CCCc1c(Cl)c(C(=O)NC(F)(F)F)c(Oc2ccccn2)c([N+](=O)[O-])c1Cl. The topological polar surface area (TPSA) is 94.4 Å². The van der Waals surface area contributed by atoms with E-state index in [1.165, 1.54) is 24.4 Å². The standard InChI is InChI=1S/C16H12Cl2F3N3O4/c1-2-5-8-11(17)10(15(25)23-16(19,20)21)14(13(12(8)18)24(26)27)28-9-6-3-4-7-22-9/h3-4,6-7H,2,5H2,1H3,(H,23,25). The minimum absolute atomic E-state index is 0.0294. The summed E-state index contributed by atoms with van der Waals surface area (Å²) < 4.78 is 43.3. The molecule has 7 nitrogen and oxygen atoms in total. The van der Waals surface area contributed by atoms with E-state index in [1.807, 2.05) is 0 Å². The molecule has 0 aliphatic carbocycles. The maximum absolute atomic E-state index is 12.7. The fourth-order valence-electron chi connectivity index (χ4n) is 2.35. The van der Waals surface area contributed by atoms with Crippen molar-refractivity contribution in [3.05, 3.63) is 55.7 Å². The first-order valence-corrected chi connectivity index (χ1v) is 8.48. The van der Waals surface area contributed by atoms with E-state index in [1.54, 1.807) is 6.92 Å². The lowest BCUT2D eigenvalue weighted by Crippen LogP contribution is -2.37. The van der Waals surface area contributed by atoms with Gasteiger partial charge in [0.2, 0.25) is 11.6 Å². The molecule has 0 atom stereocenters. The van der Waals surface area contributed by atoms with Crippen molar-refractivity contribution in [2.24, 2.45) is 0 Å². The van der Waals surface area contributed by atoms with Crippen molar-refractivity contribution in [3.63, 3.8) is 0 Å². The molecule has 28 heavy (non-hydrogen) atoms. The van der Waals surface area contributed by atoms with Gasteiger partial charge in [-0.2, -0.15) is 13.2 Å². The van der Waals surface area contributed by atoms with Crippen molar-refractivity contribution in [1.29, 1.82) is 0 Å². The summed E-state index contributed by atoms with van der Waals surface area (Å²) in [6, 6.07) is 4.28. The quantitative estimate of drug-likeness (QED) is 0.376. The molecule has 0 fully saturated rings. The second-order valence-electron chi connectivity index (χ2n) is 5.39. The van der Waals surface area contributed by atoms with Crippen molar-refractivity contribution in [1.82, 2.24) is 10.3 Å². The van der Waals surface area contributed by atoms with Crippen molar-refractivity contribution in [2.75, 3.05) is 0 Å². The molecule has 0 radical (unpaired) electrons. The molecule has 2 rings (SSSR count). The van der Waals surface area contributed by atoms with Crippen molar-refractivity contribution >= 4 is 34.8 Å². The van der Waals surface area contributed by atoms with Gasteiger partial charge in [0.05, 0.1) is 9.95 Å². The fraction of sp³-hybridized carbons (Fsp3) is 0.250. The molecule has 12 heteroatoms. The predicted octanol–water partition coefficient (Wildman–Crippen LogP) is 5.29. The highest BCUT2D eigenvalue weighted by atomic mass is 35.5. The minimum atomic E-state index is -5.10. The number of hydrogen-bond acceptors (Lipinski definition) is 5. The fourth-order valence-corrected chi connectivity index (χ4v) is 3.10. The molecular formula is C16H12Cl2F3N3O4. The summed E-state index contributed by atoms with van der Waals surface area (Å²) in [5.41, 5.74) is -1.77. The first-order chi connectivity index (χ1) is 13.1. The van der Waals surface area contributed by atoms with Gasteiger partial charge in [-0.05, 0) is 18.1 Å². The Morgan fingerprint density at radius 1 is 1.32 bits per heavy atom. The lowest BCUT2D eigenvalue weighted by Gasteiger charge is -2.17. The van der Waals surface area contributed by atoms with Gasteiger partial charge >= 0.3 is 12.0 Å². The molecule has 1 amide bonds. The van der Waals surface area contributed by atoms with Crippen LogP contribution < -0.4 is 10.1 Å². The van der Waals surface area contributed by atoms with Crippen LogP contribution in [0.3, 0.4) is 0 Å². The molecule has 0 aliphatic heterocycles. The lowest BCUT2D eigenvalue weighted by atomic mass is 10.0. The van der Waals surface area contributed by atoms with Crippen LogP contribution in [0.25, 0.3) is 0 Å². The Bertz CT molecular complexity index is 908. The second kappa shape index (κ2) is 8.61. The monoisotopic (exact) mass is 437 g/mol. The molecule has 0 aliphatic rings. The first-order valence-electron chi connectivity index (χ1n) is 7.73. The van der Waals surface area contributed by atoms with Crippen LogP contribution in [-0.2, 0) is 6.42 Å². The van der Waals surface area contributed by atoms with Gasteiger partial charge in [-0.25, -0.2) is 4.98 Å². The van der Waals surface area contributed by atoms with E-state index >= 15 is 0 Å². The number of pyridine rings is 1. The van der Waals surface area contributed by atoms with Gasteiger partial charge in [0.1, 0.15) is 10.6 Å². The molecule has 150 valence electrons. The Balaban J connectivity index is 2.80. The molecule has 2 aromatic rings. The van der Waals surface area contributed by atoms with Crippen LogP contribution in [0.4, 0.5) is 18.9 Å². The number of nitro benzene ring substituents is 1. The third-order valence-electron chi connectivity index (χ3n) is 3.41. The van der Waals surface area contributed by atoms with Gasteiger partial charge in [-0.1, -0.05) is 42.6 Å². The number of nitro groups is 1. The number of carbonyl (C=O) groups is 1. The van der Waals surface area contributed by atoms with Gasteiger partial charge in [0.25, 0.3) is 5.91 Å². The molecule has 1 N–H and O–H groups in total. The Morgan fingerprint density at radius 3 is 2.50 bits per heavy atom. The number of hydrogen-bond donors (Lipinski definition) is 1. The number of nitrogens with one attached hydrogen (secondary N) is 1. The average molecular weight is 438 g/mol. The number of carbonyl (C=O) groups excluding carboxylic acids is 1. The number of halogens is 5. The maximum Gasteiger partial charge on any atom is 0.484 e. The zero-order valence-electron chi connectivity index (χ0n) is 14.1. The molecular weight excluding hydrogens is 426 g/mol. The summed E-state index contributed by atoms with van der Waals surface area (Å²) >= 11 is 12.2. The Kier molecular flexibility index (Phi) is 6.68. The highest BCUT2D eigenvalue weighted by molar-refractivity contribution is 6.40. The summed E-state index contributed by atoms with van der Waals surface area (Å²) in [6.07, 6.45) is -3.31. The Labute approximate surface area is 166 Å². The largest absolute Gasteiger partial charge is 0.484 e. The van der Waals surface area contributed by atoms with E-state index in [0.717, 1.165) is 5.32 Å². The molecule has 0 saturated heterocycles. The number of amides is 1. The molecule has 0 unspecified atom stereocenters. The van der Waals surface area contributed by atoms with E-state index in [2.05, 4.69) is 4.98 Å². The van der Waals surface area contributed by atoms with Crippen LogP contribution in [0, 0.1) is 10.1 Å². The summed E-state index contributed by atoms with van der Waals surface area (Å²) in [5.74, 6) is -2.76. The van der Waals surface area contributed by atoms with E-state index in [4.69, 9.17) is 27.9 Å². The Morgan fingerprint density at radius 2 is 2.00 bits per heavy atom. The van der Waals surface area contributed by atoms with E-state index in [9.17, 15) is 28.1 Å². The van der Waals surface area contributed by atoms with Gasteiger partial charge in [0, 0.05) is 12.3 Å². The molecule has 0 saturated carbocycles. The summed E-state index contributed by atoms with van der Waals surface area (Å²) in [5, 5.41) is 11.5. The minimum Gasteiger partial charge on any atom is -0.431 e. The number of alkyl halides is 3. The molecule has 1 aromatic heterocycles. The summed E-state index contributed by atoms with van der Waals surface area (Å²) in [7, 11) is 0.